The van der Waals surface area contributed by atoms with E-state index in [4.69, 9.17) is 11.6 Å². The van der Waals surface area contributed by atoms with Crippen molar-refractivity contribution >= 4 is 33.0 Å². The van der Waals surface area contributed by atoms with Gasteiger partial charge in [-0.25, -0.2) is 8.42 Å². The molecule has 0 bridgehead atoms. The van der Waals surface area contributed by atoms with Crippen molar-refractivity contribution in [2.45, 2.75) is 55.2 Å². The van der Waals surface area contributed by atoms with Crippen LogP contribution < -0.4 is 0 Å². The number of sulfonamides is 1. The van der Waals surface area contributed by atoms with Gasteiger partial charge in [0.2, 0.25) is 0 Å². The Balaban J connectivity index is 2.09. The molecule has 2 rings (SSSR count). The summed E-state index contributed by atoms with van der Waals surface area (Å²) < 4.78 is 27.2. The Morgan fingerprint density at radius 2 is 1.95 bits per heavy atom. The van der Waals surface area contributed by atoms with Gasteiger partial charge in [0.1, 0.15) is 4.21 Å². The van der Waals surface area contributed by atoms with Gasteiger partial charge in [-0.3, -0.25) is 0 Å². The summed E-state index contributed by atoms with van der Waals surface area (Å²) in [5, 5.41) is 0. The topological polar surface area (TPSA) is 37.4 Å². The molecule has 0 saturated heterocycles. The van der Waals surface area contributed by atoms with Crippen LogP contribution in [0, 0.1) is 5.92 Å². The van der Waals surface area contributed by atoms with Gasteiger partial charge in [0.05, 0.1) is 5.88 Å². The molecule has 20 heavy (non-hydrogen) atoms. The quantitative estimate of drug-likeness (QED) is 0.760. The van der Waals surface area contributed by atoms with E-state index in [2.05, 4.69) is 6.92 Å². The third-order valence-corrected chi connectivity index (χ3v) is 8.22. The van der Waals surface area contributed by atoms with Crippen molar-refractivity contribution in [3.05, 3.63) is 17.0 Å². The molecular weight excluding hydrogens is 314 g/mol. The van der Waals surface area contributed by atoms with E-state index >= 15 is 0 Å². The van der Waals surface area contributed by atoms with Gasteiger partial charge in [0, 0.05) is 18.0 Å². The molecule has 1 aromatic heterocycles. The van der Waals surface area contributed by atoms with Gasteiger partial charge in [-0.05, 0) is 43.7 Å². The molecule has 114 valence electrons. The van der Waals surface area contributed by atoms with Crippen LogP contribution in [0.5, 0.6) is 0 Å². The van der Waals surface area contributed by atoms with Crippen LogP contribution in [-0.2, 0) is 15.9 Å². The van der Waals surface area contributed by atoms with E-state index in [-0.39, 0.29) is 6.04 Å². The Kier molecular flexibility index (Phi) is 5.51. The summed E-state index contributed by atoms with van der Waals surface area (Å²) in [7, 11) is -1.64. The molecule has 0 atom stereocenters. The molecule has 0 radical (unpaired) electrons. The maximum Gasteiger partial charge on any atom is 0.252 e. The second kappa shape index (κ2) is 6.77. The normalized spacial score (nSPS) is 24.2. The van der Waals surface area contributed by atoms with E-state index < -0.39 is 10.0 Å². The lowest BCUT2D eigenvalue weighted by molar-refractivity contribution is 0.233. The zero-order valence-corrected chi connectivity index (χ0v) is 14.4. The first-order chi connectivity index (χ1) is 9.48. The molecule has 0 amide bonds. The highest BCUT2D eigenvalue weighted by Gasteiger charge is 2.31. The lowest BCUT2D eigenvalue weighted by Crippen LogP contribution is -2.39. The van der Waals surface area contributed by atoms with Crippen molar-refractivity contribution in [1.29, 1.82) is 0 Å². The molecule has 1 aliphatic rings. The van der Waals surface area contributed by atoms with Crippen LogP contribution in [0.4, 0.5) is 0 Å². The second-order valence-corrected chi connectivity index (χ2v) is 9.12. The van der Waals surface area contributed by atoms with E-state index in [0.717, 1.165) is 36.5 Å². The first-order valence-electron chi connectivity index (χ1n) is 7.11. The SMILES string of the molecule is CCC1CCC(N(C)S(=O)(=O)c2ccc(CCl)s2)CC1. The average Bonchev–Trinajstić information content (AvgIpc) is 2.96. The Morgan fingerprint density at radius 3 is 2.45 bits per heavy atom. The van der Waals surface area contributed by atoms with Crippen LogP contribution in [0.2, 0.25) is 0 Å². The van der Waals surface area contributed by atoms with E-state index in [0.29, 0.717) is 10.1 Å². The van der Waals surface area contributed by atoms with Crippen molar-refractivity contribution in [2.75, 3.05) is 7.05 Å². The lowest BCUT2D eigenvalue weighted by atomic mass is 9.85. The minimum absolute atomic E-state index is 0.143. The summed E-state index contributed by atoms with van der Waals surface area (Å²) >= 11 is 7.03. The van der Waals surface area contributed by atoms with Crippen LogP contribution in [0.25, 0.3) is 0 Å². The zero-order chi connectivity index (χ0) is 14.8. The molecule has 0 aliphatic heterocycles. The van der Waals surface area contributed by atoms with Crippen LogP contribution in [-0.4, -0.2) is 25.8 Å². The first-order valence-corrected chi connectivity index (χ1v) is 9.90. The number of hydrogen-bond acceptors (Lipinski definition) is 3. The largest absolute Gasteiger partial charge is 0.252 e. The number of alkyl halides is 1. The zero-order valence-electron chi connectivity index (χ0n) is 12.0. The van der Waals surface area contributed by atoms with Crippen molar-refractivity contribution in [3.8, 4) is 0 Å². The van der Waals surface area contributed by atoms with Gasteiger partial charge in [0.25, 0.3) is 10.0 Å². The third-order valence-electron chi connectivity index (χ3n) is 4.31. The predicted molar refractivity (Wildman–Crippen MR) is 84.9 cm³/mol. The fourth-order valence-corrected chi connectivity index (χ4v) is 5.88. The smallest absolute Gasteiger partial charge is 0.206 e. The Morgan fingerprint density at radius 1 is 1.30 bits per heavy atom. The Hall–Kier alpha value is -0.100. The standard InChI is InChI=1S/C14H22ClNO2S2/c1-3-11-4-6-12(7-5-11)16(2)20(17,18)14-9-8-13(10-15)19-14/h8-9,11-12H,3-7,10H2,1-2H3. The molecule has 0 aromatic carbocycles. The average molecular weight is 336 g/mol. The molecule has 0 unspecified atom stereocenters. The third kappa shape index (κ3) is 3.38. The fourth-order valence-electron chi connectivity index (χ4n) is 2.82. The van der Waals surface area contributed by atoms with Gasteiger partial charge in [-0.1, -0.05) is 13.3 Å². The number of hydrogen-bond donors (Lipinski definition) is 0. The van der Waals surface area contributed by atoms with Gasteiger partial charge >= 0.3 is 0 Å². The number of rotatable bonds is 5. The molecule has 0 spiro atoms. The highest BCUT2D eigenvalue weighted by Crippen LogP contribution is 2.33. The fraction of sp³-hybridized carbons (Fsp3) is 0.714. The summed E-state index contributed by atoms with van der Waals surface area (Å²) in [6, 6.07) is 3.61. The molecule has 3 nitrogen and oxygen atoms in total. The van der Waals surface area contributed by atoms with Crippen molar-refractivity contribution in [2.24, 2.45) is 5.92 Å². The summed E-state index contributed by atoms with van der Waals surface area (Å²) in [6.45, 7) is 2.21. The lowest BCUT2D eigenvalue weighted by Gasteiger charge is -2.33. The van der Waals surface area contributed by atoms with Crippen molar-refractivity contribution in [1.82, 2.24) is 4.31 Å². The Bertz CT molecular complexity index is 533. The molecular formula is C14H22ClNO2S2. The molecule has 1 aliphatic carbocycles. The molecule has 0 N–H and O–H groups in total. The van der Waals surface area contributed by atoms with Gasteiger partial charge in [0.15, 0.2) is 0 Å². The molecule has 1 heterocycles. The first kappa shape index (κ1) is 16.3. The predicted octanol–water partition coefficient (Wildman–Crippen LogP) is 4.08. The maximum absolute atomic E-state index is 12.6. The highest BCUT2D eigenvalue weighted by molar-refractivity contribution is 7.91. The van der Waals surface area contributed by atoms with Crippen molar-refractivity contribution in [3.63, 3.8) is 0 Å². The minimum Gasteiger partial charge on any atom is -0.206 e. The summed E-state index contributed by atoms with van der Waals surface area (Å²) in [5.41, 5.74) is 0. The second-order valence-electron chi connectivity index (χ2n) is 5.46. The molecule has 1 saturated carbocycles. The van der Waals surface area contributed by atoms with Crippen LogP contribution >= 0.6 is 22.9 Å². The molecule has 6 heteroatoms. The molecule has 1 fully saturated rings. The maximum atomic E-state index is 12.6. The van der Waals surface area contributed by atoms with Gasteiger partial charge in [-0.15, -0.1) is 22.9 Å². The number of halogens is 1. The Labute approximate surface area is 131 Å². The highest BCUT2D eigenvalue weighted by atomic mass is 35.5. The van der Waals surface area contributed by atoms with E-state index in [1.54, 1.807) is 23.5 Å². The van der Waals surface area contributed by atoms with Crippen molar-refractivity contribution < 1.29 is 8.42 Å². The monoisotopic (exact) mass is 335 g/mol. The van der Waals surface area contributed by atoms with E-state index in [1.165, 1.54) is 17.8 Å². The number of thiophene rings is 1. The minimum atomic E-state index is -3.36. The van der Waals surface area contributed by atoms with Crippen LogP contribution in [0.1, 0.15) is 43.9 Å². The van der Waals surface area contributed by atoms with Gasteiger partial charge < -0.3 is 0 Å². The number of nitrogens with zero attached hydrogens (tertiary/aromatic N) is 1. The van der Waals surface area contributed by atoms with E-state index in [1.807, 2.05) is 0 Å². The van der Waals surface area contributed by atoms with Crippen LogP contribution in [0.15, 0.2) is 16.3 Å². The van der Waals surface area contributed by atoms with Gasteiger partial charge in [-0.2, -0.15) is 4.31 Å². The van der Waals surface area contributed by atoms with Crippen LogP contribution in [0.3, 0.4) is 0 Å². The summed E-state index contributed by atoms with van der Waals surface area (Å²) in [5.74, 6) is 1.14. The summed E-state index contributed by atoms with van der Waals surface area (Å²) in [6.07, 6.45) is 5.42. The summed E-state index contributed by atoms with van der Waals surface area (Å²) in [4.78, 5) is 0.897. The molecule has 1 aromatic rings. The van der Waals surface area contributed by atoms with E-state index in [9.17, 15) is 8.42 Å².